The minimum Gasteiger partial charge on any atom is -0.339 e. The molecule has 108 valence electrons. The summed E-state index contributed by atoms with van der Waals surface area (Å²) < 4.78 is 0. The average Bonchev–Trinajstić information content (AvgIpc) is 2.47. The van der Waals surface area contributed by atoms with Crippen molar-refractivity contribution < 1.29 is 4.79 Å². The predicted molar refractivity (Wildman–Crippen MR) is 80.4 cm³/mol. The molecule has 0 aromatic carbocycles. The second kappa shape index (κ2) is 6.49. The third kappa shape index (κ3) is 3.27. The van der Waals surface area contributed by atoms with Crippen molar-refractivity contribution in [3.8, 4) is 0 Å². The molecule has 3 aliphatic rings. The second-order valence-corrected chi connectivity index (χ2v) is 7.42. The summed E-state index contributed by atoms with van der Waals surface area (Å²) in [6.07, 6.45) is 8.60. The van der Waals surface area contributed by atoms with Gasteiger partial charge in [0, 0.05) is 43.1 Å². The van der Waals surface area contributed by atoms with Crippen LogP contribution in [0.1, 0.15) is 44.9 Å². The number of thioether (sulfide) groups is 1. The van der Waals surface area contributed by atoms with Gasteiger partial charge in [0.2, 0.25) is 5.91 Å². The lowest BCUT2D eigenvalue weighted by Gasteiger charge is -2.44. The van der Waals surface area contributed by atoms with E-state index < -0.39 is 0 Å². The van der Waals surface area contributed by atoms with Crippen LogP contribution in [-0.2, 0) is 4.79 Å². The topological polar surface area (TPSA) is 32.3 Å². The van der Waals surface area contributed by atoms with Gasteiger partial charge in [-0.3, -0.25) is 4.79 Å². The largest absolute Gasteiger partial charge is 0.339 e. The van der Waals surface area contributed by atoms with Crippen LogP contribution >= 0.6 is 11.8 Å². The Labute approximate surface area is 120 Å². The monoisotopic (exact) mass is 282 g/mol. The standard InChI is InChI=1S/C15H26N2OS/c18-15(10-13-11-19-9-7-16-13)17-8-3-5-12-4-1-2-6-14(12)17/h12-14,16H,1-11H2/t12-,13?,14-/m1/s1. The molecule has 1 aliphatic carbocycles. The highest BCUT2D eigenvalue weighted by Crippen LogP contribution is 2.35. The van der Waals surface area contributed by atoms with Crippen molar-refractivity contribution >= 4 is 17.7 Å². The summed E-state index contributed by atoms with van der Waals surface area (Å²) in [5.74, 6) is 3.52. The number of hydrogen-bond donors (Lipinski definition) is 1. The molecule has 2 heterocycles. The predicted octanol–water partition coefficient (Wildman–Crippen LogP) is 2.26. The van der Waals surface area contributed by atoms with Crippen LogP contribution in [0.15, 0.2) is 0 Å². The third-order valence-electron chi connectivity index (χ3n) is 4.98. The molecule has 1 amide bonds. The molecule has 0 spiro atoms. The van der Waals surface area contributed by atoms with Gasteiger partial charge in [0.05, 0.1) is 0 Å². The zero-order valence-corrected chi connectivity index (χ0v) is 12.6. The van der Waals surface area contributed by atoms with Crippen LogP contribution in [0.5, 0.6) is 0 Å². The number of likely N-dealkylation sites (tertiary alicyclic amines) is 1. The van der Waals surface area contributed by atoms with Gasteiger partial charge in [-0.25, -0.2) is 0 Å². The third-order valence-corrected chi connectivity index (χ3v) is 6.11. The number of amides is 1. The Morgan fingerprint density at radius 2 is 2.05 bits per heavy atom. The van der Waals surface area contributed by atoms with Gasteiger partial charge in [0.25, 0.3) is 0 Å². The number of piperidine rings is 1. The Morgan fingerprint density at radius 3 is 2.89 bits per heavy atom. The van der Waals surface area contributed by atoms with Gasteiger partial charge >= 0.3 is 0 Å². The Bertz CT molecular complexity index is 315. The first-order chi connectivity index (χ1) is 9.34. The second-order valence-electron chi connectivity index (χ2n) is 6.27. The highest BCUT2D eigenvalue weighted by atomic mass is 32.2. The molecule has 3 atom stereocenters. The minimum absolute atomic E-state index is 0.412. The molecule has 0 aromatic rings. The molecule has 1 unspecified atom stereocenters. The molecule has 0 bridgehead atoms. The normalized spacial score (nSPS) is 35.8. The Morgan fingerprint density at radius 1 is 1.21 bits per heavy atom. The van der Waals surface area contributed by atoms with E-state index in [-0.39, 0.29) is 0 Å². The molecule has 1 N–H and O–H groups in total. The maximum atomic E-state index is 12.6. The van der Waals surface area contributed by atoms with Crippen molar-refractivity contribution in [3.05, 3.63) is 0 Å². The maximum Gasteiger partial charge on any atom is 0.224 e. The smallest absolute Gasteiger partial charge is 0.224 e. The first-order valence-corrected chi connectivity index (χ1v) is 9.10. The highest BCUT2D eigenvalue weighted by Gasteiger charge is 2.36. The lowest BCUT2D eigenvalue weighted by molar-refractivity contribution is -0.138. The summed E-state index contributed by atoms with van der Waals surface area (Å²) in [7, 11) is 0. The van der Waals surface area contributed by atoms with E-state index in [9.17, 15) is 4.79 Å². The van der Waals surface area contributed by atoms with Crippen LogP contribution in [-0.4, -0.2) is 47.5 Å². The summed E-state index contributed by atoms with van der Waals surface area (Å²) in [6.45, 7) is 2.08. The van der Waals surface area contributed by atoms with E-state index in [1.165, 1.54) is 44.3 Å². The lowest BCUT2D eigenvalue weighted by Crippen LogP contribution is -2.51. The van der Waals surface area contributed by atoms with Gasteiger partial charge in [-0.1, -0.05) is 12.8 Å². The maximum absolute atomic E-state index is 12.6. The fourth-order valence-corrected chi connectivity index (χ4v) is 4.96. The van der Waals surface area contributed by atoms with E-state index >= 15 is 0 Å². The summed E-state index contributed by atoms with van der Waals surface area (Å²) in [5.41, 5.74) is 0. The van der Waals surface area contributed by atoms with Crippen molar-refractivity contribution in [1.29, 1.82) is 0 Å². The SMILES string of the molecule is O=C(CC1CSCCN1)N1CCC[C@H]2CCCC[C@H]21. The molecule has 0 radical (unpaired) electrons. The van der Waals surface area contributed by atoms with Crippen molar-refractivity contribution in [2.45, 2.75) is 57.0 Å². The molecule has 2 aliphatic heterocycles. The fourth-order valence-electron chi connectivity index (χ4n) is 4.01. The van der Waals surface area contributed by atoms with Gasteiger partial charge < -0.3 is 10.2 Å². The van der Waals surface area contributed by atoms with Crippen LogP contribution in [0.3, 0.4) is 0 Å². The van der Waals surface area contributed by atoms with Crippen LogP contribution in [0.2, 0.25) is 0 Å². The van der Waals surface area contributed by atoms with Crippen LogP contribution < -0.4 is 5.32 Å². The molecule has 4 heteroatoms. The first-order valence-electron chi connectivity index (χ1n) is 7.95. The molecule has 0 aromatic heterocycles. The van der Waals surface area contributed by atoms with Gasteiger partial charge in [-0.15, -0.1) is 0 Å². The van der Waals surface area contributed by atoms with E-state index in [1.54, 1.807) is 0 Å². The minimum atomic E-state index is 0.412. The molecule has 3 nitrogen and oxygen atoms in total. The van der Waals surface area contributed by atoms with Crippen molar-refractivity contribution in [1.82, 2.24) is 10.2 Å². The number of carbonyl (C=O) groups is 1. The van der Waals surface area contributed by atoms with Crippen LogP contribution in [0.4, 0.5) is 0 Å². The fraction of sp³-hybridized carbons (Fsp3) is 0.933. The van der Waals surface area contributed by atoms with Gasteiger partial charge in [0.15, 0.2) is 0 Å². The summed E-state index contributed by atoms with van der Waals surface area (Å²) >= 11 is 1.98. The highest BCUT2D eigenvalue weighted by molar-refractivity contribution is 7.99. The summed E-state index contributed by atoms with van der Waals surface area (Å²) in [6, 6.07) is 0.987. The number of rotatable bonds is 2. The van der Waals surface area contributed by atoms with Crippen molar-refractivity contribution in [3.63, 3.8) is 0 Å². The van der Waals surface area contributed by atoms with Gasteiger partial charge in [0.1, 0.15) is 0 Å². The zero-order valence-electron chi connectivity index (χ0n) is 11.8. The van der Waals surface area contributed by atoms with Crippen LogP contribution in [0.25, 0.3) is 0 Å². The first kappa shape index (κ1) is 13.7. The van der Waals surface area contributed by atoms with E-state index in [0.29, 0.717) is 18.0 Å². The average molecular weight is 282 g/mol. The van der Waals surface area contributed by atoms with E-state index in [0.717, 1.165) is 31.2 Å². The van der Waals surface area contributed by atoms with Crippen molar-refractivity contribution in [2.75, 3.05) is 24.6 Å². The summed E-state index contributed by atoms with van der Waals surface area (Å²) in [4.78, 5) is 14.8. The number of fused-ring (bicyclic) bond motifs is 1. The Balaban J connectivity index is 1.58. The summed E-state index contributed by atoms with van der Waals surface area (Å²) in [5, 5.41) is 3.49. The van der Waals surface area contributed by atoms with Gasteiger partial charge in [-0.2, -0.15) is 11.8 Å². The van der Waals surface area contributed by atoms with Gasteiger partial charge in [-0.05, 0) is 31.6 Å². The Hall–Kier alpha value is -0.220. The van der Waals surface area contributed by atoms with E-state index in [1.807, 2.05) is 11.8 Å². The quantitative estimate of drug-likeness (QED) is 0.843. The lowest BCUT2D eigenvalue weighted by atomic mass is 9.78. The molecule has 3 fully saturated rings. The number of nitrogens with zero attached hydrogens (tertiary/aromatic N) is 1. The molecular formula is C15H26N2OS. The van der Waals surface area contributed by atoms with E-state index in [2.05, 4.69) is 10.2 Å². The molecule has 19 heavy (non-hydrogen) atoms. The Kier molecular flexibility index (Phi) is 4.69. The van der Waals surface area contributed by atoms with Crippen LogP contribution in [0, 0.1) is 5.92 Å². The molecule has 2 saturated heterocycles. The molecule has 3 rings (SSSR count). The number of carbonyl (C=O) groups excluding carboxylic acids is 1. The van der Waals surface area contributed by atoms with Crippen molar-refractivity contribution in [2.24, 2.45) is 5.92 Å². The molecular weight excluding hydrogens is 256 g/mol. The number of nitrogens with one attached hydrogen (secondary N) is 1. The number of hydrogen-bond acceptors (Lipinski definition) is 3. The zero-order chi connectivity index (χ0) is 13.1. The van der Waals surface area contributed by atoms with E-state index in [4.69, 9.17) is 0 Å². The molecule has 1 saturated carbocycles.